The molecule has 8 nitrogen and oxygen atoms in total. The number of nitro benzene ring substituents is 1. The van der Waals surface area contributed by atoms with Gasteiger partial charge in [0.2, 0.25) is 6.10 Å². The number of rotatable bonds is 6. The molecule has 0 bridgehead atoms. The highest BCUT2D eigenvalue weighted by Gasteiger charge is 2.26. The second kappa shape index (κ2) is 9.18. The quantitative estimate of drug-likeness (QED) is 0.454. The van der Waals surface area contributed by atoms with Crippen molar-refractivity contribution in [2.45, 2.75) is 31.8 Å². The molecule has 1 aliphatic rings. The van der Waals surface area contributed by atoms with E-state index in [1.165, 1.54) is 12.1 Å². The monoisotopic (exact) mass is 397 g/mol. The Hall–Kier alpha value is -3.42. The molecule has 8 heteroatoms. The van der Waals surface area contributed by atoms with E-state index in [-0.39, 0.29) is 11.3 Å². The number of hydrogen-bond donors (Lipinski definition) is 1. The van der Waals surface area contributed by atoms with E-state index in [0.29, 0.717) is 11.3 Å². The maximum atomic E-state index is 12.6. The molecule has 1 fully saturated rings. The molecular weight excluding hydrogens is 374 g/mol. The number of hydrogen-bond acceptors (Lipinski definition) is 6. The predicted octanol–water partition coefficient (Wildman–Crippen LogP) is 3.36. The highest BCUT2D eigenvalue weighted by atomic mass is 16.6. The molecule has 1 aliphatic heterocycles. The van der Waals surface area contributed by atoms with Gasteiger partial charge >= 0.3 is 5.97 Å². The zero-order valence-corrected chi connectivity index (χ0v) is 16.0. The molecule has 1 heterocycles. The largest absolute Gasteiger partial charge is 0.444 e. The summed E-state index contributed by atoms with van der Waals surface area (Å²) in [5, 5.41) is 11.6. The van der Waals surface area contributed by atoms with Crippen LogP contribution in [0.25, 0.3) is 0 Å². The molecule has 1 unspecified atom stereocenters. The van der Waals surface area contributed by atoms with Crippen LogP contribution in [-0.2, 0) is 9.53 Å². The van der Waals surface area contributed by atoms with Crippen LogP contribution in [0.3, 0.4) is 0 Å². The maximum Gasteiger partial charge on any atom is 0.339 e. The van der Waals surface area contributed by atoms with Gasteiger partial charge in [-0.1, -0.05) is 43.2 Å². The highest BCUT2D eigenvalue weighted by molar-refractivity contribution is 5.94. The van der Waals surface area contributed by atoms with E-state index in [2.05, 4.69) is 0 Å². The Kier molecular flexibility index (Phi) is 6.43. The smallest absolute Gasteiger partial charge is 0.339 e. The van der Waals surface area contributed by atoms with Gasteiger partial charge in [-0.3, -0.25) is 14.9 Å². The van der Waals surface area contributed by atoms with E-state index in [9.17, 15) is 19.7 Å². The molecule has 29 heavy (non-hydrogen) atoms. The Morgan fingerprint density at radius 1 is 1.03 bits per heavy atom. The Morgan fingerprint density at radius 2 is 1.69 bits per heavy atom. The molecule has 0 aliphatic carbocycles. The third-order valence-corrected chi connectivity index (χ3v) is 4.94. The molecule has 152 valence electrons. The number of amides is 1. The summed E-state index contributed by atoms with van der Waals surface area (Å²) < 4.78 is 5.27. The van der Waals surface area contributed by atoms with Crippen LogP contribution in [0.1, 0.15) is 47.7 Å². The number of benzene rings is 2. The lowest BCUT2D eigenvalue weighted by atomic mass is 10.1. The van der Waals surface area contributed by atoms with Crippen molar-refractivity contribution in [1.82, 2.24) is 0 Å². The van der Waals surface area contributed by atoms with Crippen LogP contribution in [0.2, 0.25) is 0 Å². The van der Waals surface area contributed by atoms with Crippen LogP contribution < -0.4 is 10.6 Å². The number of nitro groups is 1. The molecule has 0 radical (unpaired) electrons. The lowest BCUT2D eigenvalue weighted by Gasteiger charge is -2.22. The second-order valence-corrected chi connectivity index (χ2v) is 6.96. The zero-order chi connectivity index (χ0) is 20.8. The van der Waals surface area contributed by atoms with E-state index in [1.54, 1.807) is 36.4 Å². The summed E-state index contributed by atoms with van der Waals surface area (Å²) in [7, 11) is 0. The van der Waals surface area contributed by atoms with Gasteiger partial charge in [-0.15, -0.1) is 0 Å². The van der Waals surface area contributed by atoms with Crippen LogP contribution in [0, 0.1) is 10.1 Å². The topological polar surface area (TPSA) is 116 Å². The Labute approximate surface area is 168 Å². The van der Waals surface area contributed by atoms with Gasteiger partial charge in [-0.2, -0.15) is 0 Å². The number of anilines is 1. The first-order valence-electron chi connectivity index (χ1n) is 9.56. The van der Waals surface area contributed by atoms with Gasteiger partial charge in [-0.05, 0) is 25.0 Å². The summed E-state index contributed by atoms with van der Waals surface area (Å²) >= 11 is 0. The van der Waals surface area contributed by atoms with Crippen molar-refractivity contribution in [3.05, 3.63) is 69.8 Å². The van der Waals surface area contributed by atoms with Crippen LogP contribution >= 0.6 is 0 Å². The van der Waals surface area contributed by atoms with E-state index < -0.39 is 22.9 Å². The molecule has 1 amide bonds. The standard InChI is InChI=1S/C21H23N3O5/c22-20(25)19(15-8-4-3-5-9-15)29-21(26)16-10-11-17(18(14-16)24(27)28)23-12-6-1-2-7-13-23/h3-5,8-11,14,19H,1-2,6-7,12-13H2,(H2,22,25). The van der Waals surface area contributed by atoms with Crippen molar-refractivity contribution in [3.63, 3.8) is 0 Å². The lowest BCUT2D eigenvalue weighted by molar-refractivity contribution is -0.384. The minimum atomic E-state index is -1.27. The average molecular weight is 397 g/mol. The summed E-state index contributed by atoms with van der Waals surface area (Å²) in [5.41, 5.74) is 6.14. The normalized spacial score (nSPS) is 15.2. The summed E-state index contributed by atoms with van der Waals surface area (Å²) in [6, 6.07) is 12.6. The van der Waals surface area contributed by atoms with Crippen LogP contribution in [-0.4, -0.2) is 29.9 Å². The zero-order valence-electron chi connectivity index (χ0n) is 16.0. The highest BCUT2D eigenvalue weighted by Crippen LogP contribution is 2.32. The Bertz CT molecular complexity index is 892. The number of primary amides is 1. The Morgan fingerprint density at radius 3 is 2.28 bits per heavy atom. The number of nitrogens with two attached hydrogens (primary N) is 1. The second-order valence-electron chi connectivity index (χ2n) is 6.96. The molecule has 2 aromatic rings. The van der Waals surface area contributed by atoms with Gasteiger partial charge in [0.1, 0.15) is 5.69 Å². The predicted molar refractivity (Wildman–Crippen MR) is 108 cm³/mol. The fraction of sp³-hybridized carbons (Fsp3) is 0.333. The van der Waals surface area contributed by atoms with Crippen molar-refractivity contribution in [1.29, 1.82) is 0 Å². The van der Waals surface area contributed by atoms with Crippen molar-refractivity contribution >= 4 is 23.3 Å². The van der Waals surface area contributed by atoms with Crippen molar-refractivity contribution in [2.75, 3.05) is 18.0 Å². The fourth-order valence-corrected chi connectivity index (χ4v) is 3.47. The number of esters is 1. The molecule has 3 rings (SSSR count). The van der Waals surface area contributed by atoms with Crippen LogP contribution in [0.15, 0.2) is 48.5 Å². The number of ether oxygens (including phenoxy) is 1. The molecule has 1 saturated heterocycles. The molecule has 0 saturated carbocycles. The van der Waals surface area contributed by atoms with E-state index >= 15 is 0 Å². The van der Waals surface area contributed by atoms with Crippen molar-refractivity contribution < 1.29 is 19.2 Å². The number of carbonyl (C=O) groups is 2. The lowest BCUT2D eigenvalue weighted by Crippen LogP contribution is -2.26. The maximum absolute atomic E-state index is 12.6. The van der Waals surface area contributed by atoms with Crippen LogP contribution in [0.5, 0.6) is 0 Å². The SMILES string of the molecule is NC(=O)C(OC(=O)c1ccc(N2CCCCCC2)c([N+](=O)[O-])c1)c1ccccc1. The van der Waals surface area contributed by atoms with Gasteiger partial charge in [0.15, 0.2) is 0 Å². The molecule has 2 aromatic carbocycles. The van der Waals surface area contributed by atoms with Gasteiger partial charge in [0.25, 0.3) is 11.6 Å². The average Bonchev–Trinajstić information content (AvgIpc) is 3.01. The van der Waals surface area contributed by atoms with E-state index in [1.807, 2.05) is 4.90 Å². The third kappa shape index (κ3) is 4.90. The van der Waals surface area contributed by atoms with E-state index in [0.717, 1.165) is 38.8 Å². The summed E-state index contributed by atoms with van der Waals surface area (Å²) in [4.78, 5) is 37.5. The first-order chi connectivity index (χ1) is 14.0. The van der Waals surface area contributed by atoms with Gasteiger partial charge in [-0.25, -0.2) is 4.79 Å². The summed E-state index contributed by atoms with van der Waals surface area (Å²) in [6.07, 6.45) is 2.87. The Balaban J connectivity index is 1.86. The minimum Gasteiger partial charge on any atom is -0.444 e. The van der Waals surface area contributed by atoms with Gasteiger partial charge in [0.05, 0.1) is 10.5 Å². The number of carbonyl (C=O) groups excluding carboxylic acids is 2. The minimum absolute atomic E-state index is 0.00236. The molecular formula is C21H23N3O5. The molecule has 0 spiro atoms. The fourth-order valence-electron chi connectivity index (χ4n) is 3.47. The first kappa shape index (κ1) is 20.3. The molecule has 1 atom stereocenters. The van der Waals surface area contributed by atoms with Crippen LogP contribution in [0.4, 0.5) is 11.4 Å². The summed E-state index contributed by atoms with van der Waals surface area (Å²) in [6.45, 7) is 1.48. The number of nitrogens with zero attached hydrogens (tertiary/aromatic N) is 2. The molecule has 2 N–H and O–H groups in total. The van der Waals surface area contributed by atoms with E-state index in [4.69, 9.17) is 10.5 Å². The van der Waals surface area contributed by atoms with Crippen molar-refractivity contribution in [2.24, 2.45) is 5.73 Å². The molecule has 0 aromatic heterocycles. The van der Waals surface area contributed by atoms with Gasteiger partial charge < -0.3 is 15.4 Å². The first-order valence-corrected chi connectivity index (χ1v) is 9.56. The van der Waals surface area contributed by atoms with Crippen molar-refractivity contribution in [3.8, 4) is 0 Å². The summed E-state index contributed by atoms with van der Waals surface area (Å²) in [5.74, 6) is -1.66. The third-order valence-electron chi connectivity index (χ3n) is 4.94. The van der Waals surface area contributed by atoms with Gasteiger partial charge in [0, 0.05) is 24.7 Å².